The smallest absolute Gasteiger partial charge is 0.273 e. The van der Waals surface area contributed by atoms with Crippen LogP contribution in [0.15, 0.2) is 16.7 Å². The van der Waals surface area contributed by atoms with Crippen molar-refractivity contribution in [3.8, 4) is 0 Å². The Morgan fingerprint density at radius 1 is 1.12 bits per heavy atom. The Balaban J connectivity index is 1.52. The van der Waals surface area contributed by atoms with Gasteiger partial charge >= 0.3 is 0 Å². The van der Waals surface area contributed by atoms with Crippen LogP contribution in [0.5, 0.6) is 0 Å². The first kappa shape index (κ1) is 16.2. The molecule has 0 spiro atoms. The summed E-state index contributed by atoms with van der Waals surface area (Å²) in [6.45, 7) is 3.64. The van der Waals surface area contributed by atoms with Crippen LogP contribution in [0.25, 0.3) is 0 Å². The number of aryl methyl sites for hydroxylation is 3. The molecule has 128 valence electrons. The molecule has 3 rings (SSSR count). The molecule has 2 atom stereocenters. The molecule has 0 radical (unpaired) electrons. The van der Waals surface area contributed by atoms with Gasteiger partial charge in [0.2, 0.25) is 0 Å². The Bertz CT molecular complexity index is 744. The maximum absolute atomic E-state index is 12.2. The summed E-state index contributed by atoms with van der Waals surface area (Å²) >= 11 is 0. The van der Waals surface area contributed by atoms with Crippen molar-refractivity contribution in [2.75, 3.05) is 0 Å². The van der Waals surface area contributed by atoms with Crippen LogP contribution in [-0.4, -0.2) is 38.8 Å². The molecule has 8 heteroatoms. The summed E-state index contributed by atoms with van der Waals surface area (Å²) in [5, 5.41) is 13.8. The molecule has 0 saturated heterocycles. The molecule has 1 aliphatic carbocycles. The fraction of sp³-hybridized carbons (Fsp3) is 0.500. The number of amides is 2. The monoisotopic (exact) mass is 331 g/mol. The maximum Gasteiger partial charge on any atom is 0.273 e. The average molecular weight is 331 g/mol. The summed E-state index contributed by atoms with van der Waals surface area (Å²) in [7, 11) is 1.80. The third-order valence-corrected chi connectivity index (χ3v) is 4.31. The molecule has 0 unspecified atom stereocenters. The standard InChI is InChI=1S/C16H21N5O3/c1-9-6-13(19-21(9)3)15(22)17-11-4-5-12(8-11)18-16(23)14-7-10(2)24-20-14/h6-7,11-12H,4-5,8H2,1-3H3,(H,17,22)(H,18,23)/t11-,12+/m0/s1. The van der Waals surface area contributed by atoms with Crippen LogP contribution in [0.3, 0.4) is 0 Å². The zero-order chi connectivity index (χ0) is 17.3. The minimum atomic E-state index is -0.246. The Morgan fingerprint density at radius 2 is 1.75 bits per heavy atom. The molecule has 0 bridgehead atoms. The zero-order valence-corrected chi connectivity index (χ0v) is 14.0. The highest BCUT2D eigenvalue weighted by Gasteiger charge is 2.28. The van der Waals surface area contributed by atoms with Crippen LogP contribution in [0.1, 0.15) is 51.7 Å². The Labute approximate surface area is 139 Å². The highest BCUT2D eigenvalue weighted by atomic mass is 16.5. The van der Waals surface area contributed by atoms with Gasteiger partial charge in [-0.15, -0.1) is 0 Å². The van der Waals surface area contributed by atoms with Crippen LogP contribution in [0.4, 0.5) is 0 Å². The number of hydrogen-bond donors (Lipinski definition) is 2. The SMILES string of the molecule is Cc1cc(C(=O)N[C@@H]2CC[C@H](NC(=O)c3cc(C)n(C)n3)C2)no1. The largest absolute Gasteiger partial charge is 0.361 e. The number of rotatable bonds is 4. The minimum absolute atomic E-state index is 0.0188. The second-order valence-corrected chi connectivity index (χ2v) is 6.27. The van der Waals surface area contributed by atoms with Crippen LogP contribution in [0, 0.1) is 13.8 Å². The molecule has 0 aromatic carbocycles. The van der Waals surface area contributed by atoms with E-state index in [4.69, 9.17) is 4.52 Å². The van der Waals surface area contributed by atoms with E-state index in [1.165, 1.54) is 0 Å². The lowest BCUT2D eigenvalue weighted by Gasteiger charge is -2.13. The van der Waals surface area contributed by atoms with Crippen LogP contribution in [-0.2, 0) is 7.05 Å². The molecule has 2 aromatic heterocycles. The molecule has 2 N–H and O–H groups in total. The lowest BCUT2D eigenvalue weighted by Crippen LogP contribution is -2.37. The Kier molecular flexibility index (Phi) is 4.37. The first-order chi connectivity index (χ1) is 11.4. The molecule has 1 aliphatic rings. The molecule has 0 aliphatic heterocycles. The molecule has 2 amide bonds. The summed E-state index contributed by atoms with van der Waals surface area (Å²) < 4.78 is 6.58. The second kappa shape index (κ2) is 6.46. The molecule has 1 saturated carbocycles. The molecular formula is C16H21N5O3. The molecular weight excluding hydrogens is 310 g/mol. The van der Waals surface area contributed by atoms with Crippen molar-refractivity contribution in [1.82, 2.24) is 25.6 Å². The van der Waals surface area contributed by atoms with Gasteiger partial charge < -0.3 is 15.2 Å². The van der Waals surface area contributed by atoms with Gasteiger partial charge in [-0.3, -0.25) is 14.3 Å². The van der Waals surface area contributed by atoms with Crippen molar-refractivity contribution >= 4 is 11.8 Å². The predicted molar refractivity (Wildman–Crippen MR) is 85.5 cm³/mol. The average Bonchev–Trinajstić information content (AvgIpc) is 3.22. The summed E-state index contributed by atoms with van der Waals surface area (Å²) in [5.74, 6) is 0.175. The fourth-order valence-corrected chi connectivity index (χ4v) is 2.91. The molecule has 2 heterocycles. The fourth-order valence-electron chi connectivity index (χ4n) is 2.91. The lowest BCUT2D eigenvalue weighted by molar-refractivity contribution is 0.0928. The minimum Gasteiger partial charge on any atom is -0.361 e. The summed E-state index contributed by atoms with van der Waals surface area (Å²) in [6, 6.07) is 3.41. The van der Waals surface area contributed by atoms with Crippen LogP contribution >= 0.6 is 0 Å². The van der Waals surface area contributed by atoms with E-state index in [0.29, 0.717) is 17.9 Å². The Morgan fingerprint density at radius 3 is 2.25 bits per heavy atom. The number of hydrogen-bond acceptors (Lipinski definition) is 5. The third kappa shape index (κ3) is 3.47. The van der Waals surface area contributed by atoms with Crippen molar-refractivity contribution < 1.29 is 14.1 Å². The third-order valence-electron chi connectivity index (χ3n) is 4.31. The predicted octanol–water partition coefficient (Wildman–Crippen LogP) is 1.11. The van der Waals surface area contributed by atoms with Gasteiger partial charge in [0.25, 0.3) is 11.8 Å². The van der Waals surface area contributed by atoms with Gasteiger partial charge in [0.05, 0.1) is 0 Å². The van der Waals surface area contributed by atoms with Crippen molar-refractivity contribution in [2.45, 2.75) is 45.2 Å². The number of nitrogens with zero attached hydrogens (tertiary/aromatic N) is 3. The molecule has 8 nitrogen and oxygen atoms in total. The maximum atomic E-state index is 12.2. The first-order valence-corrected chi connectivity index (χ1v) is 7.98. The number of nitrogens with one attached hydrogen (secondary N) is 2. The van der Waals surface area contributed by atoms with E-state index in [-0.39, 0.29) is 29.6 Å². The van der Waals surface area contributed by atoms with Crippen LogP contribution in [0.2, 0.25) is 0 Å². The van der Waals surface area contributed by atoms with E-state index in [0.717, 1.165) is 18.5 Å². The van der Waals surface area contributed by atoms with Gasteiger partial charge in [0.1, 0.15) is 11.5 Å². The topological polar surface area (TPSA) is 102 Å². The van der Waals surface area contributed by atoms with Crippen molar-refractivity contribution in [1.29, 1.82) is 0 Å². The van der Waals surface area contributed by atoms with Gasteiger partial charge in [-0.1, -0.05) is 5.16 Å². The zero-order valence-electron chi connectivity index (χ0n) is 14.0. The van der Waals surface area contributed by atoms with E-state index in [1.54, 1.807) is 30.8 Å². The number of aromatic nitrogens is 3. The van der Waals surface area contributed by atoms with Crippen molar-refractivity contribution in [3.05, 3.63) is 35.0 Å². The highest BCUT2D eigenvalue weighted by molar-refractivity contribution is 5.93. The summed E-state index contributed by atoms with van der Waals surface area (Å²) in [5.41, 5.74) is 1.63. The normalized spacial score (nSPS) is 20.1. The van der Waals surface area contributed by atoms with Crippen molar-refractivity contribution in [2.24, 2.45) is 7.05 Å². The van der Waals surface area contributed by atoms with Gasteiger partial charge in [0.15, 0.2) is 5.69 Å². The second-order valence-electron chi connectivity index (χ2n) is 6.27. The van der Waals surface area contributed by atoms with E-state index in [1.807, 2.05) is 6.92 Å². The molecule has 1 fully saturated rings. The first-order valence-electron chi connectivity index (χ1n) is 7.98. The number of carbonyl (C=O) groups excluding carboxylic acids is 2. The molecule has 2 aromatic rings. The quantitative estimate of drug-likeness (QED) is 0.873. The lowest BCUT2D eigenvalue weighted by atomic mass is 10.2. The summed E-state index contributed by atoms with van der Waals surface area (Å²) in [6.07, 6.45) is 2.33. The van der Waals surface area contributed by atoms with Gasteiger partial charge in [-0.2, -0.15) is 5.10 Å². The van der Waals surface area contributed by atoms with E-state index in [9.17, 15) is 9.59 Å². The van der Waals surface area contributed by atoms with E-state index < -0.39 is 0 Å². The number of carbonyl (C=O) groups is 2. The summed E-state index contributed by atoms with van der Waals surface area (Å²) in [4.78, 5) is 24.3. The van der Waals surface area contributed by atoms with E-state index >= 15 is 0 Å². The van der Waals surface area contributed by atoms with Gasteiger partial charge in [-0.05, 0) is 39.2 Å². The van der Waals surface area contributed by atoms with Crippen LogP contribution < -0.4 is 10.6 Å². The Hall–Kier alpha value is -2.64. The van der Waals surface area contributed by atoms with Gasteiger partial charge in [0, 0.05) is 30.9 Å². The van der Waals surface area contributed by atoms with E-state index in [2.05, 4.69) is 20.9 Å². The van der Waals surface area contributed by atoms with Crippen molar-refractivity contribution in [3.63, 3.8) is 0 Å². The molecule has 24 heavy (non-hydrogen) atoms. The van der Waals surface area contributed by atoms with Gasteiger partial charge in [-0.25, -0.2) is 0 Å². The highest BCUT2D eigenvalue weighted by Crippen LogP contribution is 2.20.